The van der Waals surface area contributed by atoms with Crippen molar-refractivity contribution in [3.63, 3.8) is 0 Å². The molecule has 2 aromatic rings. The lowest BCUT2D eigenvalue weighted by atomic mass is 10.2. The molecule has 0 aliphatic heterocycles. The number of rotatable bonds is 5. The maximum atomic E-state index is 13.2. The summed E-state index contributed by atoms with van der Waals surface area (Å²) in [5.74, 6) is -0.172. The Morgan fingerprint density at radius 1 is 0.767 bits per heavy atom. The van der Waals surface area contributed by atoms with Crippen molar-refractivity contribution < 1.29 is 9.22 Å². The summed E-state index contributed by atoms with van der Waals surface area (Å²) in [6, 6.07) is 21.4. The Morgan fingerprint density at radius 3 is 1.50 bits per heavy atom. The highest BCUT2D eigenvalue weighted by Crippen LogP contribution is 2.39. The Balaban J connectivity index is 2.68. The maximum Gasteiger partial charge on any atom is 0.319 e. The molecular weight excluding hydrogens is 400 g/mol. The van der Waals surface area contributed by atoms with Crippen molar-refractivity contribution in [2.75, 3.05) is 0 Å². The zero-order chi connectivity index (χ0) is 22.8. The van der Waals surface area contributed by atoms with Crippen LogP contribution in [0.15, 0.2) is 71.9 Å². The van der Waals surface area contributed by atoms with Crippen molar-refractivity contribution in [1.29, 1.82) is 0 Å². The summed E-state index contributed by atoms with van der Waals surface area (Å²) in [5, 5.41) is 2.57. The summed E-state index contributed by atoms with van der Waals surface area (Å²) in [6.45, 7) is 19.5. The van der Waals surface area contributed by atoms with Crippen LogP contribution in [0.25, 0.3) is 0 Å². The SMILES string of the molecule is CC(=C[Si](c1ccccc1)(c1ccccc1)C(C)(C)C)C(=O)O[Si](C)(C)C(C)(C)C. The first-order valence-corrected chi connectivity index (χ1v) is 15.7. The Kier molecular flexibility index (Phi) is 7.04. The van der Waals surface area contributed by atoms with Gasteiger partial charge in [-0.15, -0.1) is 0 Å². The second-order valence-electron chi connectivity index (χ2n) is 10.8. The zero-order valence-electron chi connectivity index (χ0n) is 20.2. The Labute approximate surface area is 185 Å². The van der Waals surface area contributed by atoms with Gasteiger partial charge in [-0.2, -0.15) is 0 Å². The minimum absolute atomic E-state index is 0.0135. The number of carbonyl (C=O) groups is 1. The van der Waals surface area contributed by atoms with E-state index in [4.69, 9.17) is 4.43 Å². The number of hydrogen-bond donors (Lipinski definition) is 0. The largest absolute Gasteiger partial charge is 0.516 e. The van der Waals surface area contributed by atoms with Gasteiger partial charge in [-0.05, 0) is 40.5 Å². The molecule has 0 aliphatic rings. The van der Waals surface area contributed by atoms with E-state index in [-0.39, 0.29) is 16.0 Å². The molecule has 0 fully saturated rings. The van der Waals surface area contributed by atoms with E-state index < -0.39 is 16.4 Å². The van der Waals surface area contributed by atoms with Crippen molar-refractivity contribution in [2.45, 2.75) is 71.6 Å². The second-order valence-corrected chi connectivity index (χ2v) is 20.1. The van der Waals surface area contributed by atoms with Gasteiger partial charge in [0, 0.05) is 5.57 Å². The first kappa shape index (κ1) is 24.4. The molecule has 0 N–H and O–H groups in total. The van der Waals surface area contributed by atoms with Gasteiger partial charge in [-0.25, -0.2) is 4.79 Å². The third kappa shape index (κ3) is 4.86. The highest BCUT2D eigenvalue weighted by molar-refractivity contribution is 7.08. The first-order chi connectivity index (χ1) is 13.7. The predicted molar refractivity (Wildman–Crippen MR) is 135 cm³/mol. The van der Waals surface area contributed by atoms with Crippen molar-refractivity contribution in [1.82, 2.24) is 0 Å². The van der Waals surface area contributed by atoms with Gasteiger partial charge < -0.3 is 4.43 Å². The van der Waals surface area contributed by atoms with Gasteiger partial charge in [0.15, 0.2) is 0 Å². The summed E-state index contributed by atoms with van der Waals surface area (Å²) in [4.78, 5) is 13.2. The van der Waals surface area contributed by atoms with Gasteiger partial charge in [0.2, 0.25) is 0 Å². The van der Waals surface area contributed by atoms with Crippen LogP contribution in [-0.4, -0.2) is 22.4 Å². The molecule has 0 spiro atoms. The molecule has 0 saturated heterocycles. The molecule has 0 amide bonds. The molecule has 2 rings (SSSR count). The third-order valence-electron chi connectivity index (χ3n) is 6.55. The molecule has 162 valence electrons. The lowest BCUT2D eigenvalue weighted by Crippen LogP contribution is -2.63. The van der Waals surface area contributed by atoms with Crippen LogP contribution in [-0.2, 0) is 9.22 Å². The minimum atomic E-state index is -2.44. The molecule has 30 heavy (non-hydrogen) atoms. The molecule has 2 aromatic carbocycles. The molecule has 0 radical (unpaired) electrons. The van der Waals surface area contributed by atoms with E-state index in [1.165, 1.54) is 10.4 Å². The number of hydrogen-bond acceptors (Lipinski definition) is 2. The first-order valence-electron chi connectivity index (χ1n) is 10.8. The fourth-order valence-electron chi connectivity index (χ4n) is 3.67. The fraction of sp³-hybridized carbons (Fsp3) is 0.423. The summed E-state index contributed by atoms with van der Waals surface area (Å²) in [7, 11) is -4.63. The lowest BCUT2D eigenvalue weighted by Gasteiger charge is -2.42. The van der Waals surface area contributed by atoms with Crippen LogP contribution in [0, 0.1) is 0 Å². The molecular formula is C26H38O2Si2. The van der Waals surface area contributed by atoms with Gasteiger partial charge in [-0.3, -0.25) is 0 Å². The standard InChI is InChI=1S/C26H38O2Si2/c1-21(24(27)28-29(8,9)25(2,3)4)20-30(26(5,6)7,22-16-12-10-13-17-22)23-18-14-11-15-19-23/h10-20H,1-9H3. The quantitative estimate of drug-likeness (QED) is 0.417. The summed E-state index contributed by atoms with van der Waals surface area (Å²) < 4.78 is 6.15. The Morgan fingerprint density at radius 2 is 1.17 bits per heavy atom. The molecule has 0 aromatic heterocycles. The summed E-state index contributed by atoms with van der Waals surface area (Å²) in [5.41, 5.74) is 2.99. The van der Waals surface area contributed by atoms with Crippen molar-refractivity contribution in [2.24, 2.45) is 0 Å². The van der Waals surface area contributed by atoms with Gasteiger partial charge in [0.1, 0.15) is 8.07 Å². The topological polar surface area (TPSA) is 26.3 Å². The van der Waals surface area contributed by atoms with Crippen LogP contribution in [0.2, 0.25) is 23.2 Å². The van der Waals surface area contributed by atoms with Crippen LogP contribution in [0.5, 0.6) is 0 Å². The van der Waals surface area contributed by atoms with E-state index >= 15 is 0 Å². The van der Waals surface area contributed by atoms with Crippen molar-refractivity contribution >= 4 is 32.7 Å². The van der Waals surface area contributed by atoms with E-state index in [9.17, 15) is 4.79 Å². The molecule has 0 aliphatic carbocycles. The van der Waals surface area contributed by atoms with E-state index in [1.54, 1.807) is 0 Å². The van der Waals surface area contributed by atoms with E-state index in [2.05, 4.69) is 121 Å². The fourth-order valence-corrected chi connectivity index (χ4v) is 9.63. The predicted octanol–water partition coefficient (Wildman–Crippen LogP) is 6.08. The second kappa shape index (κ2) is 8.68. The van der Waals surface area contributed by atoms with Gasteiger partial charge in [0.25, 0.3) is 8.32 Å². The minimum Gasteiger partial charge on any atom is -0.516 e. The average Bonchev–Trinajstić information content (AvgIpc) is 2.65. The smallest absolute Gasteiger partial charge is 0.319 e. The highest BCUT2D eigenvalue weighted by atomic mass is 28.4. The molecule has 2 nitrogen and oxygen atoms in total. The van der Waals surface area contributed by atoms with Crippen molar-refractivity contribution in [3.8, 4) is 0 Å². The molecule has 4 heteroatoms. The van der Waals surface area contributed by atoms with E-state index in [0.717, 1.165) is 0 Å². The highest BCUT2D eigenvalue weighted by Gasteiger charge is 2.47. The zero-order valence-corrected chi connectivity index (χ0v) is 22.2. The molecule has 0 unspecified atom stereocenters. The van der Waals surface area contributed by atoms with Crippen LogP contribution < -0.4 is 10.4 Å². The summed E-state index contributed by atoms with van der Waals surface area (Å²) in [6.07, 6.45) is 0. The van der Waals surface area contributed by atoms with E-state index in [1.807, 2.05) is 6.92 Å². The maximum absolute atomic E-state index is 13.2. The van der Waals surface area contributed by atoms with Crippen LogP contribution in [0.3, 0.4) is 0 Å². The molecule has 0 atom stereocenters. The van der Waals surface area contributed by atoms with Crippen molar-refractivity contribution in [3.05, 3.63) is 71.9 Å². The molecule has 0 saturated carbocycles. The van der Waals surface area contributed by atoms with Gasteiger partial charge in [0.05, 0.1) is 0 Å². The normalized spacial score (nSPS) is 13.8. The summed E-state index contributed by atoms with van der Waals surface area (Å²) >= 11 is 0. The van der Waals surface area contributed by atoms with Gasteiger partial charge in [-0.1, -0.05) is 108 Å². The van der Waals surface area contributed by atoms with Crippen LogP contribution >= 0.6 is 0 Å². The van der Waals surface area contributed by atoms with Crippen LogP contribution in [0.1, 0.15) is 48.5 Å². The molecule has 0 heterocycles. The monoisotopic (exact) mass is 438 g/mol. The number of carbonyl (C=O) groups excluding carboxylic acids is 1. The number of benzene rings is 2. The van der Waals surface area contributed by atoms with E-state index in [0.29, 0.717) is 5.57 Å². The average molecular weight is 439 g/mol. The molecule has 0 bridgehead atoms. The van der Waals surface area contributed by atoms with Crippen LogP contribution in [0.4, 0.5) is 0 Å². The van der Waals surface area contributed by atoms with Gasteiger partial charge >= 0.3 is 5.97 Å². The Bertz CT molecular complexity index is 847. The lowest BCUT2D eigenvalue weighted by molar-refractivity contribution is -0.131. The third-order valence-corrected chi connectivity index (χ3v) is 16.6. The Hall–Kier alpha value is -1.92.